The van der Waals surface area contributed by atoms with Crippen LogP contribution in [0.1, 0.15) is 9.67 Å². The third kappa shape index (κ3) is 2.63. The summed E-state index contributed by atoms with van der Waals surface area (Å²) in [5.74, 6) is -0.362. The summed E-state index contributed by atoms with van der Waals surface area (Å²) >= 11 is 7.19. The van der Waals surface area contributed by atoms with Gasteiger partial charge in [-0.2, -0.15) is 5.10 Å². The summed E-state index contributed by atoms with van der Waals surface area (Å²) in [7, 11) is 0. The van der Waals surface area contributed by atoms with Crippen LogP contribution in [0.15, 0.2) is 41.9 Å². The van der Waals surface area contributed by atoms with Gasteiger partial charge in [-0.1, -0.05) is 11.6 Å². The van der Waals surface area contributed by atoms with Gasteiger partial charge in [-0.15, -0.1) is 11.3 Å². The monoisotopic (exact) mass is 319 g/mol. The van der Waals surface area contributed by atoms with E-state index in [4.69, 9.17) is 17.3 Å². The van der Waals surface area contributed by atoms with Gasteiger partial charge in [-0.3, -0.25) is 4.79 Å². The number of nitrogens with zero attached hydrogens (tertiary/aromatic N) is 2. The number of aromatic nitrogens is 2. The van der Waals surface area contributed by atoms with Gasteiger partial charge >= 0.3 is 0 Å². The van der Waals surface area contributed by atoms with Crippen molar-refractivity contribution in [1.29, 1.82) is 0 Å². The Kier molecular flexibility index (Phi) is 3.40. The third-order valence-electron chi connectivity index (χ3n) is 2.92. The molecule has 0 saturated carbocycles. The first kappa shape index (κ1) is 13.7. The van der Waals surface area contributed by atoms with Gasteiger partial charge in [0.25, 0.3) is 5.91 Å². The molecule has 1 aromatic carbocycles. The van der Waals surface area contributed by atoms with Crippen molar-refractivity contribution in [1.82, 2.24) is 9.78 Å². The van der Waals surface area contributed by atoms with Crippen molar-refractivity contribution >= 4 is 28.8 Å². The average Bonchev–Trinajstić information content (AvgIpc) is 3.09. The molecule has 0 spiro atoms. The second-order valence-electron chi connectivity index (χ2n) is 4.34. The van der Waals surface area contributed by atoms with Crippen LogP contribution < -0.4 is 5.73 Å². The summed E-state index contributed by atoms with van der Waals surface area (Å²) < 4.78 is 1.61. The van der Waals surface area contributed by atoms with Gasteiger partial charge in [0.1, 0.15) is 5.75 Å². The maximum atomic E-state index is 11.1. The molecule has 2 aromatic heterocycles. The second-order valence-corrected chi connectivity index (χ2v) is 5.69. The number of halogens is 1. The summed E-state index contributed by atoms with van der Waals surface area (Å²) in [5.41, 5.74) is 7.10. The normalized spacial score (nSPS) is 10.7. The molecule has 2 heterocycles. The molecule has 0 aliphatic carbocycles. The number of hydrogen-bond donors (Lipinski definition) is 2. The molecule has 0 radical (unpaired) electrons. The Bertz CT molecular complexity index is 825. The number of benzene rings is 1. The standard InChI is InChI=1S/C14H10ClN3O2S/c15-8-1-2-12(19)10(5-8)11-3-4-18(17-11)9-6-13(14(16)20)21-7-9/h1-7,19H,(H2,16,20). The van der Waals surface area contributed by atoms with E-state index in [0.29, 0.717) is 21.2 Å². The second kappa shape index (κ2) is 5.23. The number of nitrogens with two attached hydrogens (primary N) is 1. The Morgan fingerprint density at radius 1 is 1.33 bits per heavy atom. The van der Waals surface area contributed by atoms with Crippen LogP contribution in [0.4, 0.5) is 0 Å². The zero-order valence-corrected chi connectivity index (χ0v) is 12.2. The Hall–Kier alpha value is -2.31. The fourth-order valence-corrected chi connectivity index (χ4v) is 2.80. The number of carbonyl (C=O) groups excluding carboxylic acids is 1. The molecule has 21 heavy (non-hydrogen) atoms. The number of hydrogen-bond acceptors (Lipinski definition) is 4. The quantitative estimate of drug-likeness (QED) is 0.778. The van der Waals surface area contributed by atoms with Gasteiger partial charge in [-0.25, -0.2) is 4.68 Å². The maximum absolute atomic E-state index is 11.1. The van der Waals surface area contributed by atoms with Gasteiger partial charge in [0.2, 0.25) is 0 Å². The fraction of sp³-hybridized carbons (Fsp3) is 0. The lowest BCUT2D eigenvalue weighted by atomic mass is 10.1. The van der Waals surface area contributed by atoms with Gasteiger partial charge < -0.3 is 10.8 Å². The summed E-state index contributed by atoms with van der Waals surface area (Å²) in [6, 6.07) is 8.20. The largest absolute Gasteiger partial charge is 0.507 e. The van der Waals surface area contributed by atoms with Crippen LogP contribution in [0.2, 0.25) is 5.02 Å². The van der Waals surface area contributed by atoms with Crippen LogP contribution in [0.3, 0.4) is 0 Å². The Labute approximate surface area is 129 Å². The fourth-order valence-electron chi connectivity index (χ4n) is 1.90. The van der Waals surface area contributed by atoms with Gasteiger partial charge in [0.15, 0.2) is 0 Å². The Morgan fingerprint density at radius 3 is 2.86 bits per heavy atom. The van der Waals surface area contributed by atoms with E-state index in [0.717, 1.165) is 5.69 Å². The molecular weight excluding hydrogens is 310 g/mol. The van der Waals surface area contributed by atoms with Crippen LogP contribution in [-0.2, 0) is 0 Å². The predicted octanol–water partition coefficient (Wildman–Crippen LogP) is 3.06. The molecule has 7 heteroatoms. The predicted molar refractivity (Wildman–Crippen MR) is 82.1 cm³/mol. The van der Waals surface area contributed by atoms with E-state index in [9.17, 15) is 9.90 Å². The molecule has 0 aliphatic rings. The summed E-state index contributed by atoms with van der Waals surface area (Å²) in [4.78, 5) is 11.6. The zero-order valence-electron chi connectivity index (χ0n) is 10.7. The first-order chi connectivity index (χ1) is 10.0. The van der Waals surface area contributed by atoms with Crippen LogP contribution in [-0.4, -0.2) is 20.8 Å². The molecule has 0 saturated heterocycles. The molecule has 0 unspecified atom stereocenters. The van der Waals surface area contributed by atoms with Crippen LogP contribution in [0.25, 0.3) is 16.9 Å². The minimum atomic E-state index is -0.467. The number of phenols is 1. The van der Waals surface area contributed by atoms with E-state index in [1.54, 1.807) is 40.5 Å². The Balaban J connectivity index is 1.99. The lowest BCUT2D eigenvalue weighted by Crippen LogP contribution is -2.08. The summed E-state index contributed by atoms with van der Waals surface area (Å²) in [6.45, 7) is 0. The van der Waals surface area contributed by atoms with Crippen LogP contribution in [0.5, 0.6) is 5.75 Å². The minimum absolute atomic E-state index is 0.104. The molecule has 0 fully saturated rings. The number of thiophene rings is 1. The molecule has 106 valence electrons. The van der Waals surface area contributed by atoms with Crippen molar-refractivity contribution in [2.24, 2.45) is 5.73 Å². The van der Waals surface area contributed by atoms with E-state index >= 15 is 0 Å². The van der Waals surface area contributed by atoms with Crippen molar-refractivity contribution in [3.63, 3.8) is 0 Å². The minimum Gasteiger partial charge on any atom is -0.507 e. The van der Waals surface area contributed by atoms with Crippen molar-refractivity contribution in [2.45, 2.75) is 0 Å². The van der Waals surface area contributed by atoms with E-state index in [1.165, 1.54) is 17.4 Å². The van der Waals surface area contributed by atoms with E-state index in [1.807, 2.05) is 0 Å². The number of primary amides is 1. The SMILES string of the molecule is NC(=O)c1cc(-n2ccc(-c3cc(Cl)ccc3O)n2)cs1. The van der Waals surface area contributed by atoms with E-state index in [2.05, 4.69) is 5.10 Å². The van der Waals surface area contributed by atoms with Crippen molar-refractivity contribution in [2.75, 3.05) is 0 Å². The Morgan fingerprint density at radius 2 is 2.14 bits per heavy atom. The number of aromatic hydroxyl groups is 1. The number of phenolic OH excluding ortho intramolecular Hbond substituents is 1. The summed E-state index contributed by atoms with van der Waals surface area (Å²) in [5, 5.41) is 16.6. The van der Waals surface area contributed by atoms with E-state index < -0.39 is 5.91 Å². The first-order valence-electron chi connectivity index (χ1n) is 5.98. The van der Waals surface area contributed by atoms with Crippen molar-refractivity contribution in [3.8, 4) is 22.7 Å². The van der Waals surface area contributed by atoms with E-state index in [-0.39, 0.29) is 5.75 Å². The molecule has 3 rings (SSSR count). The lowest BCUT2D eigenvalue weighted by molar-refractivity contribution is 0.100. The molecule has 0 bridgehead atoms. The summed E-state index contributed by atoms with van der Waals surface area (Å²) in [6.07, 6.45) is 1.74. The van der Waals surface area contributed by atoms with Gasteiger partial charge in [0.05, 0.1) is 16.3 Å². The molecule has 0 atom stereocenters. The first-order valence-corrected chi connectivity index (χ1v) is 7.23. The van der Waals surface area contributed by atoms with Crippen molar-refractivity contribution in [3.05, 3.63) is 51.8 Å². The van der Waals surface area contributed by atoms with Gasteiger partial charge in [-0.05, 0) is 30.3 Å². The zero-order chi connectivity index (χ0) is 15.0. The molecule has 3 N–H and O–H groups in total. The number of amides is 1. The average molecular weight is 320 g/mol. The number of carbonyl (C=O) groups is 1. The van der Waals surface area contributed by atoms with Crippen LogP contribution in [0, 0.1) is 0 Å². The number of rotatable bonds is 3. The molecule has 0 aliphatic heterocycles. The maximum Gasteiger partial charge on any atom is 0.258 e. The van der Waals surface area contributed by atoms with Crippen LogP contribution >= 0.6 is 22.9 Å². The highest BCUT2D eigenvalue weighted by atomic mass is 35.5. The lowest BCUT2D eigenvalue weighted by Gasteiger charge is -2.01. The third-order valence-corrected chi connectivity index (χ3v) is 4.08. The highest BCUT2D eigenvalue weighted by Gasteiger charge is 2.11. The highest BCUT2D eigenvalue weighted by molar-refractivity contribution is 7.12. The smallest absolute Gasteiger partial charge is 0.258 e. The highest BCUT2D eigenvalue weighted by Crippen LogP contribution is 2.31. The molecule has 5 nitrogen and oxygen atoms in total. The topological polar surface area (TPSA) is 81.1 Å². The molecular formula is C14H10ClN3O2S. The molecule has 1 amide bonds. The van der Waals surface area contributed by atoms with Crippen molar-refractivity contribution < 1.29 is 9.90 Å². The molecule has 3 aromatic rings. The van der Waals surface area contributed by atoms with Gasteiger partial charge in [0, 0.05) is 22.2 Å².